The van der Waals surface area contributed by atoms with Crippen LogP contribution in [0.4, 0.5) is 0 Å². The first kappa shape index (κ1) is 14.5. The number of nitrogens with zero attached hydrogens (tertiary/aromatic N) is 2. The zero-order valence-corrected chi connectivity index (χ0v) is 11.9. The van der Waals surface area contributed by atoms with Crippen LogP contribution in [0.2, 0.25) is 0 Å². The minimum atomic E-state index is -0.506. The molecule has 0 radical (unpaired) electrons. The fourth-order valence-electron chi connectivity index (χ4n) is 2.35. The van der Waals surface area contributed by atoms with Gasteiger partial charge in [0.25, 0.3) is 0 Å². The van der Waals surface area contributed by atoms with Crippen LogP contribution in [-0.2, 0) is 14.3 Å². The smallest absolute Gasteiger partial charge is 0.328 e. The molecule has 0 aromatic heterocycles. The Bertz CT molecular complexity index is 475. The summed E-state index contributed by atoms with van der Waals surface area (Å²) in [6.07, 6.45) is 0. The van der Waals surface area contributed by atoms with Crippen LogP contribution < -0.4 is 0 Å². The Kier molecular flexibility index (Phi) is 4.74. The monoisotopic (exact) mass is 276 g/mol. The average molecular weight is 276 g/mol. The molecule has 0 bridgehead atoms. The van der Waals surface area contributed by atoms with E-state index in [0.29, 0.717) is 19.7 Å². The summed E-state index contributed by atoms with van der Waals surface area (Å²) in [6, 6.07) is 8.96. The second-order valence-electron chi connectivity index (χ2n) is 4.85. The Hall–Kier alpha value is -1.88. The van der Waals surface area contributed by atoms with Crippen molar-refractivity contribution in [1.82, 2.24) is 9.80 Å². The standard InChI is InChI=1S/C15H20N2O3/c1-3-20-15(19)14(12-7-5-4-6-8-12)17-10-9-16(2)13(18)11-17/h4-8,14H,3,9-11H2,1-2H3. The number of carbonyl (C=O) groups excluding carboxylic acids is 2. The third-order valence-electron chi connectivity index (χ3n) is 3.48. The maximum Gasteiger partial charge on any atom is 0.328 e. The quantitative estimate of drug-likeness (QED) is 0.772. The Balaban J connectivity index is 2.23. The summed E-state index contributed by atoms with van der Waals surface area (Å²) < 4.78 is 5.17. The van der Waals surface area contributed by atoms with E-state index in [1.807, 2.05) is 35.2 Å². The van der Waals surface area contributed by atoms with E-state index < -0.39 is 6.04 Å². The number of amides is 1. The Morgan fingerprint density at radius 2 is 2.00 bits per heavy atom. The summed E-state index contributed by atoms with van der Waals surface area (Å²) in [6.45, 7) is 3.66. The van der Waals surface area contributed by atoms with Crippen molar-refractivity contribution < 1.29 is 14.3 Å². The van der Waals surface area contributed by atoms with Crippen LogP contribution in [0, 0.1) is 0 Å². The third kappa shape index (κ3) is 3.17. The zero-order chi connectivity index (χ0) is 14.5. The molecule has 0 spiro atoms. The predicted octanol–water partition coefficient (Wildman–Crippen LogP) is 1.06. The fraction of sp³-hybridized carbons (Fsp3) is 0.467. The maximum absolute atomic E-state index is 12.2. The topological polar surface area (TPSA) is 49.9 Å². The molecule has 5 nitrogen and oxygen atoms in total. The third-order valence-corrected chi connectivity index (χ3v) is 3.48. The van der Waals surface area contributed by atoms with Gasteiger partial charge < -0.3 is 9.64 Å². The molecule has 1 unspecified atom stereocenters. The molecule has 1 fully saturated rings. The van der Waals surface area contributed by atoms with Gasteiger partial charge in [-0.1, -0.05) is 30.3 Å². The van der Waals surface area contributed by atoms with E-state index in [2.05, 4.69) is 0 Å². The first-order valence-corrected chi connectivity index (χ1v) is 6.83. The molecular formula is C15H20N2O3. The van der Waals surface area contributed by atoms with E-state index in [9.17, 15) is 9.59 Å². The molecule has 0 saturated carbocycles. The Morgan fingerprint density at radius 3 is 2.60 bits per heavy atom. The largest absolute Gasteiger partial charge is 0.465 e. The highest BCUT2D eigenvalue weighted by Crippen LogP contribution is 2.23. The van der Waals surface area contributed by atoms with Gasteiger partial charge in [-0.25, -0.2) is 4.79 Å². The van der Waals surface area contributed by atoms with Crippen LogP contribution in [0.3, 0.4) is 0 Å². The van der Waals surface area contributed by atoms with Crippen LogP contribution in [-0.4, -0.2) is 55.0 Å². The number of esters is 1. The molecule has 20 heavy (non-hydrogen) atoms. The summed E-state index contributed by atoms with van der Waals surface area (Å²) >= 11 is 0. The van der Waals surface area contributed by atoms with Crippen LogP contribution in [0.25, 0.3) is 0 Å². The second kappa shape index (κ2) is 6.52. The molecule has 0 aliphatic carbocycles. The Morgan fingerprint density at radius 1 is 1.30 bits per heavy atom. The second-order valence-corrected chi connectivity index (χ2v) is 4.85. The molecule has 1 aliphatic heterocycles. The predicted molar refractivity (Wildman–Crippen MR) is 75.0 cm³/mol. The van der Waals surface area contributed by atoms with Crippen LogP contribution in [0.1, 0.15) is 18.5 Å². The molecule has 1 atom stereocenters. The molecule has 1 amide bonds. The number of rotatable bonds is 4. The van der Waals surface area contributed by atoms with Gasteiger partial charge in [-0.3, -0.25) is 9.69 Å². The number of hydrogen-bond acceptors (Lipinski definition) is 4. The van der Waals surface area contributed by atoms with E-state index in [0.717, 1.165) is 5.56 Å². The lowest BCUT2D eigenvalue weighted by Gasteiger charge is -2.36. The van der Waals surface area contributed by atoms with E-state index in [4.69, 9.17) is 4.74 Å². The van der Waals surface area contributed by atoms with Gasteiger partial charge in [-0.05, 0) is 12.5 Å². The molecule has 0 N–H and O–H groups in total. The van der Waals surface area contributed by atoms with Crippen LogP contribution in [0.5, 0.6) is 0 Å². The van der Waals surface area contributed by atoms with Crippen molar-refractivity contribution in [3.63, 3.8) is 0 Å². The number of hydrogen-bond donors (Lipinski definition) is 0. The van der Waals surface area contributed by atoms with Gasteiger partial charge in [-0.2, -0.15) is 0 Å². The summed E-state index contributed by atoms with van der Waals surface area (Å²) in [7, 11) is 1.78. The van der Waals surface area contributed by atoms with Crippen molar-refractivity contribution in [3.8, 4) is 0 Å². The highest BCUT2D eigenvalue weighted by Gasteiger charge is 2.33. The van der Waals surface area contributed by atoms with Gasteiger partial charge >= 0.3 is 5.97 Å². The Labute approximate surface area is 119 Å². The van der Waals surface area contributed by atoms with E-state index >= 15 is 0 Å². The number of piperazine rings is 1. The molecule has 5 heteroatoms. The van der Waals surface area contributed by atoms with Gasteiger partial charge in [0, 0.05) is 20.1 Å². The van der Waals surface area contributed by atoms with E-state index in [1.165, 1.54) is 0 Å². The number of likely N-dealkylation sites (N-methyl/N-ethyl adjacent to an activating group) is 1. The van der Waals surface area contributed by atoms with Crippen molar-refractivity contribution >= 4 is 11.9 Å². The molecule has 1 aliphatic rings. The van der Waals surface area contributed by atoms with Gasteiger partial charge in [0.05, 0.1) is 13.2 Å². The molecule has 1 heterocycles. The number of ether oxygens (including phenoxy) is 1. The highest BCUT2D eigenvalue weighted by atomic mass is 16.5. The maximum atomic E-state index is 12.2. The lowest BCUT2D eigenvalue weighted by atomic mass is 10.0. The van der Waals surface area contributed by atoms with Crippen molar-refractivity contribution in [3.05, 3.63) is 35.9 Å². The van der Waals surface area contributed by atoms with Crippen molar-refractivity contribution in [2.75, 3.05) is 33.3 Å². The van der Waals surface area contributed by atoms with E-state index in [-0.39, 0.29) is 18.4 Å². The van der Waals surface area contributed by atoms with E-state index in [1.54, 1.807) is 18.9 Å². The normalized spacial score (nSPS) is 17.9. The lowest BCUT2D eigenvalue weighted by molar-refractivity contribution is -0.152. The van der Waals surface area contributed by atoms with Crippen LogP contribution >= 0.6 is 0 Å². The van der Waals surface area contributed by atoms with Gasteiger partial charge in [0.15, 0.2) is 0 Å². The molecule has 1 aromatic rings. The summed E-state index contributed by atoms with van der Waals surface area (Å²) in [5, 5.41) is 0. The first-order valence-electron chi connectivity index (χ1n) is 6.83. The molecule has 1 aromatic carbocycles. The fourth-order valence-corrected chi connectivity index (χ4v) is 2.35. The van der Waals surface area contributed by atoms with Crippen LogP contribution in [0.15, 0.2) is 30.3 Å². The van der Waals surface area contributed by atoms with Crippen molar-refractivity contribution in [2.45, 2.75) is 13.0 Å². The van der Waals surface area contributed by atoms with Crippen molar-refractivity contribution in [1.29, 1.82) is 0 Å². The summed E-state index contributed by atoms with van der Waals surface area (Å²) in [5.41, 5.74) is 0.864. The minimum Gasteiger partial charge on any atom is -0.465 e. The highest BCUT2D eigenvalue weighted by molar-refractivity contribution is 5.82. The molecule has 2 rings (SSSR count). The molecular weight excluding hydrogens is 256 g/mol. The molecule has 108 valence electrons. The SMILES string of the molecule is CCOC(=O)C(c1ccccc1)N1CCN(C)C(=O)C1. The summed E-state index contributed by atoms with van der Waals surface area (Å²) in [4.78, 5) is 27.7. The van der Waals surface area contributed by atoms with Gasteiger partial charge in [-0.15, -0.1) is 0 Å². The van der Waals surface area contributed by atoms with Gasteiger partial charge in [0.1, 0.15) is 6.04 Å². The zero-order valence-electron chi connectivity index (χ0n) is 11.9. The average Bonchev–Trinajstić information content (AvgIpc) is 2.44. The van der Waals surface area contributed by atoms with Crippen molar-refractivity contribution in [2.24, 2.45) is 0 Å². The number of benzene rings is 1. The lowest BCUT2D eigenvalue weighted by Crippen LogP contribution is -2.51. The number of carbonyl (C=O) groups is 2. The minimum absolute atomic E-state index is 0.0291. The molecule has 1 saturated heterocycles. The first-order chi connectivity index (χ1) is 9.63. The summed E-state index contributed by atoms with van der Waals surface area (Å²) in [5.74, 6) is -0.266. The van der Waals surface area contributed by atoms with Gasteiger partial charge in [0.2, 0.25) is 5.91 Å².